The molecule has 0 atom stereocenters. The molecule has 1 N–H and O–H groups in total. The summed E-state index contributed by atoms with van der Waals surface area (Å²) in [6, 6.07) is 16.4. The molecule has 164 valence electrons. The van der Waals surface area contributed by atoms with Crippen molar-refractivity contribution in [1.82, 2.24) is 20.0 Å². The van der Waals surface area contributed by atoms with Crippen molar-refractivity contribution in [2.24, 2.45) is 4.99 Å². The fraction of sp³-hybridized carbons (Fsp3) is 0.273. The van der Waals surface area contributed by atoms with Crippen molar-refractivity contribution in [2.45, 2.75) is 11.4 Å². The topological polar surface area (TPSA) is 88.8 Å². The van der Waals surface area contributed by atoms with Crippen LogP contribution in [0.3, 0.4) is 0 Å². The normalized spacial score (nSPS) is 11.9. The van der Waals surface area contributed by atoms with Gasteiger partial charge in [-0.25, -0.2) is 13.1 Å². The van der Waals surface area contributed by atoms with Crippen LogP contribution in [0.2, 0.25) is 0 Å². The van der Waals surface area contributed by atoms with E-state index in [2.05, 4.69) is 15.4 Å². The molecule has 3 aromatic rings. The molecule has 0 bridgehead atoms. The number of ether oxygens (including phenoxy) is 1. The van der Waals surface area contributed by atoms with Gasteiger partial charge in [0.2, 0.25) is 0 Å². The molecule has 0 spiro atoms. The van der Waals surface area contributed by atoms with Crippen molar-refractivity contribution in [1.29, 1.82) is 0 Å². The molecule has 0 aliphatic carbocycles. The zero-order valence-electron chi connectivity index (χ0n) is 17.9. The van der Waals surface area contributed by atoms with Crippen LogP contribution in [0.25, 0.3) is 5.69 Å². The van der Waals surface area contributed by atoms with Gasteiger partial charge in [0.15, 0.2) is 15.8 Å². The van der Waals surface area contributed by atoms with Gasteiger partial charge in [-0.05, 0) is 36.4 Å². The summed E-state index contributed by atoms with van der Waals surface area (Å²) in [5.74, 6) is 1.36. The largest absolute Gasteiger partial charge is 0.492 e. The summed E-state index contributed by atoms with van der Waals surface area (Å²) in [5.41, 5.74) is 2.08. The number of benzene rings is 2. The first-order valence-corrected chi connectivity index (χ1v) is 11.7. The number of guanidine groups is 1. The average molecular weight is 442 g/mol. The first-order chi connectivity index (χ1) is 14.9. The first-order valence-electron chi connectivity index (χ1n) is 9.80. The molecule has 0 radical (unpaired) electrons. The lowest BCUT2D eigenvalue weighted by molar-refractivity contribution is 0.319. The summed E-state index contributed by atoms with van der Waals surface area (Å²) >= 11 is 0. The molecule has 1 aromatic heterocycles. The lowest BCUT2D eigenvalue weighted by Crippen LogP contribution is -2.40. The molecule has 8 nitrogen and oxygen atoms in total. The molecule has 9 heteroatoms. The van der Waals surface area contributed by atoms with E-state index in [-0.39, 0.29) is 4.90 Å². The summed E-state index contributed by atoms with van der Waals surface area (Å²) in [5, 5.41) is 7.69. The molecule has 1 heterocycles. The Morgan fingerprint density at radius 1 is 1.16 bits per heavy atom. The molecule has 0 saturated heterocycles. The van der Waals surface area contributed by atoms with Crippen molar-refractivity contribution in [2.75, 3.05) is 33.5 Å². The number of para-hydroxylation sites is 1. The van der Waals surface area contributed by atoms with Gasteiger partial charge in [0.1, 0.15) is 12.4 Å². The van der Waals surface area contributed by atoms with Crippen molar-refractivity contribution in [3.8, 4) is 11.4 Å². The molecule has 0 aliphatic rings. The highest BCUT2D eigenvalue weighted by Gasteiger charge is 2.09. The van der Waals surface area contributed by atoms with E-state index in [9.17, 15) is 8.42 Å². The number of rotatable bonds is 8. The van der Waals surface area contributed by atoms with Gasteiger partial charge in [-0.1, -0.05) is 18.2 Å². The molecule has 0 unspecified atom stereocenters. The maximum atomic E-state index is 11.5. The lowest BCUT2D eigenvalue weighted by Gasteiger charge is -2.21. The van der Waals surface area contributed by atoms with Crippen LogP contribution in [0.5, 0.6) is 5.75 Å². The number of aliphatic imine (C=N–C) groups is 1. The van der Waals surface area contributed by atoms with Crippen LogP contribution in [-0.2, 0) is 16.4 Å². The van der Waals surface area contributed by atoms with E-state index in [0.29, 0.717) is 25.4 Å². The highest BCUT2D eigenvalue weighted by atomic mass is 32.2. The molecular weight excluding hydrogens is 414 g/mol. The average Bonchev–Trinajstić information content (AvgIpc) is 3.22. The Labute approximate surface area is 183 Å². The number of sulfone groups is 1. The summed E-state index contributed by atoms with van der Waals surface area (Å²) in [6.45, 7) is 1.62. The summed E-state index contributed by atoms with van der Waals surface area (Å²) in [7, 11) is 0.487. The Morgan fingerprint density at radius 2 is 1.87 bits per heavy atom. The first kappa shape index (κ1) is 22.4. The fourth-order valence-corrected chi connectivity index (χ4v) is 3.64. The maximum absolute atomic E-state index is 11.5. The molecule has 31 heavy (non-hydrogen) atoms. The number of nitrogens with one attached hydrogen (secondary N) is 1. The Balaban J connectivity index is 1.47. The van der Waals surface area contributed by atoms with Crippen LogP contribution in [0.1, 0.15) is 5.56 Å². The summed E-state index contributed by atoms with van der Waals surface area (Å²) < 4.78 is 30.5. The summed E-state index contributed by atoms with van der Waals surface area (Å²) in [6.07, 6.45) is 5.03. The smallest absolute Gasteiger partial charge is 0.193 e. The van der Waals surface area contributed by atoms with Gasteiger partial charge < -0.3 is 15.0 Å². The zero-order valence-corrected chi connectivity index (χ0v) is 18.7. The lowest BCUT2D eigenvalue weighted by atomic mass is 10.3. The highest BCUT2D eigenvalue weighted by Crippen LogP contribution is 2.15. The Morgan fingerprint density at radius 3 is 2.52 bits per heavy atom. The minimum atomic E-state index is -3.20. The molecule has 0 amide bonds. The predicted molar refractivity (Wildman–Crippen MR) is 121 cm³/mol. The van der Waals surface area contributed by atoms with E-state index >= 15 is 0 Å². The molecule has 2 aromatic carbocycles. The minimum Gasteiger partial charge on any atom is -0.492 e. The van der Waals surface area contributed by atoms with Gasteiger partial charge in [-0.3, -0.25) is 4.99 Å². The van der Waals surface area contributed by atoms with E-state index in [1.54, 1.807) is 31.3 Å². The van der Waals surface area contributed by atoms with E-state index in [1.165, 1.54) is 6.26 Å². The van der Waals surface area contributed by atoms with Crippen LogP contribution in [0, 0.1) is 0 Å². The second-order valence-corrected chi connectivity index (χ2v) is 9.07. The molecule has 3 rings (SSSR count). The monoisotopic (exact) mass is 441 g/mol. The third-order valence-electron chi connectivity index (χ3n) is 4.56. The van der Waals surface area contributed by atoms with Crippen molar-refractivity contribution in [3.05, 3.63) is 72.6 Å². The van der Waals surface area contributed by atoms with E-state index in [1.807, 2.05) is 59.4 Å². The fourth-order valence-electron chi connectivity index (χ4n) is 3.01. The number of aromatic nitrogens is 2. The van der Waals surface area contributed by atoms with Gasteiger partial charge in [0.05, 0.1) is 23.3 Å². The Bertz CT molecular complexity index is 1110. The molecule has 0 fully saturated rings. The minimum absolute atomic E-state index is 0.274. The van der Waals surface area contributed by atoms with Gasteiger partial charge in [-0.15, -0.1) is 0 Å². The standard InChI is InChI=1S/C22H27N5O3S/c1-23-22(24-13-14-30-20-9-11-21(12-10-20)31(3,28)29)26(2)16-18-15-25-27(17-18)19-7-5-4-6-8-19/h4-12,15,17H,13-14,16H2,1-3H3,(H,23,24). The van der Waals surface area contributed by atoms with Crippen LogP contribution >= 0.6 is 0 Å². The van der Waals surface area contributed by atoms with Crippen LogP contribution in [0.15, 0.2) is 76.9 Å². The van der Waals surface area contributed by atoms with E-state index in [0.717, 1.165) is 17.2 Å². The van der Waals surface area contributed by atoms with E-state index in [4.69, 9.17) is 4.74 Å². The van der Waals surface area contributed by atoms with Gasteiger partial charge >= 0.3 is 0 Å². The van der Waals surface area contributed by atoms with Crippen LogP contribution in [0.4, 0.5) is 0 Å². The molecular formula is C22H27N5O3S. The summed E-state index contributed by atoms with van der Waals surface area (Å²) in [4.78, 5) is 6.60. The molecule has 0 aliphatic heterocycles. The SMILES string of the molecule is CN=C(NCCOc1ccc(S(C)(=O)=O)cc1)N(C)Cc1cnn(-c2ccccc2)c1. The van der Waals surface area contributed by atoms with Crippen molar-refractivity contribution < 1.29 is 13.2 Å². The Kier molecular flexibility index (Phi) is 7.30. The number of hydrogen-bond acceptors (Lipinski definition) is 5. The predicted octanol–water partition coefficient (Wildman–Crippen LogP) is 2.36. The third kappa shape index (κ3) is 6.32. The second kappa shape index (κ2) is 10.1. The highest BCUT2D eigenvalue weighted by molar-refractivity contribution is 7.90. The zero-order chi connectivity index (χ0) is 22.3. The van der Waals surface area contributed by atoms with Crippen molar-refractivity contribution in [3.63, 3.8) is 0 Å². The third-order valence-corrected chi connectivity index (χ3v) is 5.68. The number of hydrogen-bond donors (Lipinski definition) is 1. The van der Waals surface area contributed by atoms with Gasteiger partial charge in [-0.2, -0.15) is 5.10 Å². The number of nitrogens with zero attached hydrogens (tertiary/aromatic N) is 4. The maximum Gasteiger partial charge on any atom is 0.193 e. The molecule has 0 saturated carbocycles. The van der Waals surface area contributed by atoms with Crippen LogP contribution < -0.4 is 10.1 Å². The van der Waals surface area contributed by atoms with Gasteiger partial charge in [0.25, 0.3) is 0 Å². The quantitative estimate of drug-likeness (QED) is 0.328. The second-order valence-electron chi connectivity index (χ2n) is 7.05. The Hall–Kier alpha value is -3.33. The van der Waals surface area contributed by atoms with E-state index < -0.39 is 9.84 Å². The van der Waals surface area contributed by atoms with Gasteiger partial charge in [0, 0.05) is 38.7 Å². The van der Waals surface area contributed by atoms with Crippen molar-refractivity contribution >= 4 is 15.8 Å². The van der Waals surface area contributed by atoms with Crippen LogP contribution in [-0.4, -0.2) is 62.6 Å².